The van der Waals surface area contributed by atoms with Crippen LogP contribution in [0.2, 0.25) is 5.02 Å². The van der Waals surface area contributed by atoms with Crippen LogP contribution in [0.1, 0.15) is 31.2 Å². The first-order valence-corrected chi connectivity index (χ1v) is 8.35. The molecule has 1 fully saturated rings. The van der Waals surface area contributed by atoms with Gasteiger partial charge in [-0.3, -0.25) is 4.79 Å². The van der Waals surface area contributed by atoms with Crippen LogP contribution in [0, 0.1) is 5.92 Å². The van der Waals surface area contributed by atoms with Gasteiger partial charge in [-0.1, -0.05) is 18.0 Å². The molecule has 1 heterocycles. The first kappa shape index (κ1) is 17.9. The first-order valence-electron chi connectivity index (χ1n) is 7.97. The van der Waals surface area contributed by atoms with E-state index in [1.807, 2.05) is 0 Å². The zero-order valence-electron chi connectivity index (χ0n) is 13.2. The molecule has 1 aromatic rings. The highest BCUT2D eigenvalue weighted by atomic mass is 35.5. The second-order valence-corrected chi connectivity index (χ2v) is 6.59. The van der Waals surface area contributed by atoms with Crippen LogP contribution in [-0.2, 0) is 4.79 Å². The van der Waals surface area contributed by atoms with E-state index in [2.05, 4.69) is 5.32 Å². The molecule has 8 heteroatoms. The van der Waals surface area contributed by atoms with Crippen molar-refractivity contribution in [2.45, 2.75) is 37.9 Å². The second kappa shape index (κ2) is 7.15. The van der Waals surface area contributed by atoms with Crippen LogP contribution in [0.15, 0.2) is 18.2 Å². The molecule has 0 aromatic heterocycles. The Morgan fingerprint density at radius 3 is 2.84 bits per heavy atom. The number of fused-ring (bicyclic) bond motifs is 1. The lowest BCUT2D eigenvalue weighted by Gasteiger charge is -2.30. The van der Waals surface area contributed by atoms with Gasteiger partial charge in [-0.2, -0.15) is 13.2 Å². The van der Waals surface area contributed by atoms with E-state index in [0.29, 0.717) is 34.9 Å². The van der Waals surface area contributed by atoms with Gasteiger partial charge in [0.15, 0.2) is 11.5 Å². The molecule has 1 aliphatic carbocycles. The third-order valence-corrected chi connectivity index (χ3v) is 4.64. The van der Waals surface area contributed by atoms with Crippen LogP contribution in [0.25, 0.3) is 6.08 Å². The molecular weight excluding hydrogens is 359 g/mol. The Balaban J connectivity index is 1.59. The van der Waals surface area contributed by atoms with Crippen molar-refractivity contribution in [1.29, 1.82) is 0 Å². The van der Waals surface area contributed by atoms with Crippen LogP contribution in [0.3, 0.4) is 0 Å². The number of amides is 1. The number of alkyl halides is 3. The minimum absolute atomic E-state index is 0.0705. The van der Waals surface area contributed by atoms with Crippen molar-refractivity contribution in [3.05, 3.63) is 28.8 Å². The molecular formula is C17H17ClF3NO3. The smallest absolute Gasteiger partial charge is 0.391 e. The molecule has 25 heavy (non-hydrogen) atoms. The third kappa shape index (κ3) is 4.39. The summed E-state index contributed by atoms with van der Waals surface area (Å²) in [6.45, 7) is 0.0881. The molecule has 0 saturated heterocycles. The SMILES string of the molecule is O=C(/C=C/c1cc(Cl)c2c(c1)OCO2)NC1CCCC(C(F)(F)F)C1. The number of nitrogens with one attached hydrogen (secondary N) is 1. The van der Waals surface area contributed by atoms with Crippen molar-refractivity contribution in [2.24, 2.45) is 5.92 Å². The Bertz CT molecular complexity index is 690. The maximum atomic E-state index is 12.8. The number of halogens is 4. The summed E-state index contributed by atoms with van der Waals surface area (Å²) in [5.74, 6) is -0.818. The molecule has 136 valence electrons. The lowest BCUT2D eigenvalue weighted by atomic mass is 9.85. The van der Waals surface area contributed by atoms with Gasteiger partial charge in [-0.05, 0) is 43.0 Å². The third-order valence-electron chi connectivity index (χ3n) is 4.36. The lowest BCUT2D eigenvalue weighted by molar-refractivity contribution is -0.184. The van der Waals surface area contributed by atoms with Gasteiger partial charge in [-0.25, -0.2) is 0 Å². The van der Waals surface area contributed by atoms with Gasteiger partial charge in [0.25, 0.3) is 0 Å². The maximum Gasteiger partial charge on any atom is 0.391 e. The molecule has 3 rings (SSSR count). The van der Waals surface area contributed by atoms with Crippen molar-refractivity contribution < 1.29 is 27.4 Å². The van der Waals surface area contributed by atoms with Gasteiger partial charge in [-0.15, -0.1) is 0 Å². The fourth-order valence-electron chi connectivity index (χ4n) is 3.12. The molecule has 1 aliphatic heterocycles. The number of rotatable bonds is 3. The minimum atomic E-state index is -4.21. The number of hydrogen-bond donors (Lipinski definition) is 1. The van der Waals surface area contributed by atoms with E-state index in [1.54, 1.807) is 12.1 Å². The summed E-state index contributed by atoms with van der Waals surface area (Å²) in [5.41, 5.74) is 0.640. The number of hydrogen-bond acceptors (Lipinski definition) is 3. The van der Waals surface area contributed by atoms with E-state index < -0.39 is 24.0 Å². The highest BCUT2D eigenvalue weighted by molar-refractivity contribution is 6.32. The molecule has 2 unspecified atom stereocenters. The van der Waals surface area contributed by atoms with Crippen LogP contribution in [0.4, 0.5) is 13.2 Å². The second-order valence-electron chi connectivity index (χ2n) is 6.18. The van der Waals surface area contributed by atoms with Crippen molar-refractivity contribution in [1.82, 2.24) is 5.32 Å². The van der Waals surface area contributed by atoms with Crippen molar-refractivity contribution in [3.8, 4) is 11.5 Å². The van der Waals surface area contributed by atoms with Gasteiger partial charge < -0.3 is 14.8 Å². The summed E-state index contributed by atoms with van der Waals surface area (Å²) < 4.78 is 48.9. The van der Waals surface area contributed by atoms with Gasteiger partial charge in [0.2, 0.25) is 12.7 Å². The van der Waals surface area contributed by atoms with Gasteiger partial charge in [0.05, 0.1) is 10.9 Å². The molecule has 4 nitrogen and oxygen atoms in total. The van der Waals surface area contributed by atoms with Crippen LogP contribution < -0.4 is 14.8 Å². The van der Waals surface area contributed by atoms with E-state index in [4.69, 9.17) is 21.1 Å². The molecule has 2 atom stereocenters. The molecule has 1 saturated carbocycles. The molecule has 0 radical (unpaired) electrons. The number of carbonyl (C=O) groups is 1. The zero-order chi connectivity index (χ0) is 18.0. The fourth-order valence-corrected chi connectivity index (χ4v) is 3.40. The Labute approximate surface area is 147 Å². The Morgan fingerprint density at radius 2 is 2.08 bits per heavy atom. The Hall–Kier alpha value is -1.89. The number of carbonyl (C=O) groups excluding carboxylic acids is 1. The van der Waals surface area contributed by atoms with Gasteiger partial charge >= 0.3 is 6.18 Å². The van der Waals surface area contributed by atoms with Crippen molar-refractivity contribution >= 4 is 23.6 Å². The van der Waals surface area contributed by atoms with Crippen molar-refractivity contribution in [3.63, 3.8) is 0 Å². The number of ether oxygens (including phenoxy) is 2. The summed E-state index contributed by atoms with van der Waals surface area (Å²) in [6.07, 6.45) is -0.320. The first-order chi connectivity index (χ1) is 11.8. The summed E-state index contributed by atoms with van der Waals surface area (Å²) in [7, 11) is 0. The van der Waals surface area contributed by atoms with Crippen LogP contribution in [0.5, 0.6) is 11.5 Å². The van der Waals surface area contributed by atoms with E-state index in [-0.39, 0.29) is 19.6 Å². The zero-order valence-corrected chi connectivity index (χ0v) is 14.0. The predicted octanol–water partition coefficient (Wildman–Crippen LogP) is 4.32. The van der Waals surface area contributed by atoms with E-state index in [1.165, 1.54) is 12.2 Å². The van der Waals surface area contributed by atoms with Crippen LogP contribution in [-0.4, -0.2) is 24.9 Å². The average Bonchev–Trinajstić information content (AvgIpc) is 3.01. The molecule has 0 bridgehead atoms. The topological polar surface area (TPSA) is 47.6 Å². The van der Waals surface area contributed by atoms with Crippen molar-refractivity contribution in [2.75, 3.05) is 6.79 Å². The average molecular weight is 376 g/mol. The summed E-state index contributed by atoms with van der Waals surface area (Å²) in [6, 6.07) is 2.84. The normalized spacial score (nSPS) is 23.0. The largest absolute Gasteiger partial charge is 0.454 e. The Morgan fingerprint density at radius 1 is 1.28 bits per heavy atom. The highest BCUT2D eigenvalue weighted by Gasteiger charge is 2.42. The lowest BCUT2D eigenvalue weighted by Crippen LogP contribution is -2.41. The molecule has 1 N–H and O–H groups in total. The molecule has 1 aromatic carbocycles. The van der Waals surface area contributed by atoms with E-state index in [9.17, 15) is 18.0 Å². The molecule has 1 amide bonds. The molecule has 2 aliphatic rings. The Kier molecular flexibility index (Phi) is 5.13. The molecule has 0 spiro atoms. The highest BCUT2D eigenvalue weighted by Crippen LogP contribution is 2.40. The summed E-state index contributed by atoms with van der Waals surface area (Å²) in [4.78, 5) is 12.0. The fraction of sp³-hybridized carbons (Fsp3) is 0.471. The maximum absolute atomic E-state index is 12.8. The quantitative estimate of drug-likeness (QED) is 0.800. The summed E-state index contributed by atoms with van der Waals surface area (Å²) in [5, 5.41) is 3.01. The van der Waals surface area contributed by atoms with E-state index in [0.717, 1.165) is 0 Å². The summed E-state index contributed by atoms with van der Waals surface area (Å²) >= 11 is 6.06. The van der Waals surface area contributed by atoms with Gasteiger partial charge in [0, 0.05) is 12.1 Å². The minimum Gasteiger partial charge on any atom is -0.454 e. The van der Waals surface area contributed by atoms with Gasteiger partial charge in [0.1, 0.15) is 0 Å². The van der Waals surface area contributed by atoms with E-state index >= 15 is 0 Å². The number of benzene rings is 1. The monoisotopic (exact) mass is 375 g/mol. The van der Waals surface area contributed by atoms with Crippen LogP contribution >= 0.6 is 11.6 Å². The standard InChI is InChI=1S/C17H17ClF3NO3/c18-13-6-10(7-14-16(13)25-9-24-14)4-5-15(23)22-12-3-1-2-11(8-12)17(19,20)21/h4-7,11-12H,1-3,8-9H2,(H,22,23)/b5-4+. The predicted molar refractivity (Wildman–Crippen MR) is 86.6 cm³/mol.